The fourth-order valence-corrected chi connectivity index (χ4v) is 5.39. The van der Waals surface area contributed by atoms with E-state index in [-0.39, 0.29) is 23.6 Å². The molecule has 0 radical (unpaired) electrons. The fraction of sp³-hybridized carbons (Fsp3) is 0.538. The first-order valence-electron chi connectivity index (χ1n) is 13.0. The molecule has 3 N–H and O–H groups in total. The minimum absolute atomic E-state index is 0.131. The second-order valence-electron chi connectivity index (χ2n) is 10.1. The number of hydrogen-bond donors (Lipinski definition) is 3. The lowest BCUT2D eigenvalue weighted by Crippen LogP contribution is -2.48. The Kier molecular flexibility index (Phi) is 7.33. The number of aromatic nitrogens is 2. The average molecular weight is 530 g/mol. The van der Waals surface area contributed by atoms with E-state index in [2.05, 4.69) is 25.9 Å². The molecule has 1 aliphatic carbocycles. The molecule has 5 rings (SSSR count). The van der Waals surface area contributed by atoms with Crippen molar-refractivity contribution in [3.63, 3.8) is 0 Å². The molecule has 204 valence electrons. The van der Waals surface area contributed by atoms with E-state index in [4.69, 9.17) is 4.74 Å². The van der Waals surface area contributed by atoms with Crippen LogP contribution in [0.2, 0.25) is 0 Å². The number of anilines is 4. The molecule has 1 unspecified atom stereocenters. The second kappa shape index (κ2) is 10.7. The summed E-state index contributed by atoms with van der Waals surface area (Å²) in [6.07, 6.45) is 5.82. The first-order valence-corrected chi connectivity index (χ1v) is 13.0. The topological polar surface area (TPSA) is 112 Å². The number of alkyl halides is 2. The largest absolute Gasteiger partial charge is 0.495 e. The van der Waals surface area contributed by atoms with Crippen LogP contribution in [0.25, 0.3) is 0 Å². The highest BCUT2D eigenvalue weighted by molar-refractivity contribution is 6.02. The van der Waals surface area contributed by atoms with Gasteiger partial charge in [0.05, 0.1) is 25.5 Å². The van der Waals surface area contributed by atoms with Gasteiger partial charge in [0.15, 0.2) is 5.82 Å². The molecule has 1 saturated heterocycles. The van der Waals surface area contributed by atoms with Crippen LogP contribution in [-0.4, -0.2) is 74.1 Å². The van der Waals surface area contributed by atoms with E-state index < -0.39 is 18.4 Å². The van der Waals surface area contributed by atoms with Gasteiger partial charge in [0.2, 0.25) is 5.95 Å². The molecular formula is C26H33F2N7O3. The number of benzene rings is 1. The summed E-state index contributed by atoms with van der Waals surface area (Å²) in [6, 6.07) is 4.87. The molecule has 1 aromatic heterocycles. The normalized spacial score (nSPS) is 21.3. The molecule has 1 atom stereocenters. The predicted molar refractivity (Wildman–Crippen MR) is 140 cm³/mol. The number of carbonyl (C=O) groups is 2. The van der Waals surface area contributed by atoms with Crippen LogP contribution >= 0.6 is 0 Å². The number of rotatable bonds is 7. The molecule has 10 nitrogen and oxygen atoms in total. The molecule has 2 aliphatic heterocycles. The van der Waals surface area contributed by atoms with Crippen molar-refractivity contribution in [2.75, 3.05) is 55.5 Å². The third-order valence-corrected chi connectivity index (χ3v) is 7.56. The number of nitrogens with one attached hydrogen (secondary N) is 3. The molecule has 1 aromatic carbocycles. The highest BCUT2D eigenvalue weighted by Gasteiger charge is 2.48. The molecule has 3 heterocycles. The van der Waals surface area contributed by atoms with Gasteiger partial charge in [-0.1, -0.05) is 12.8 Å². The van der Waals surface area contributed by atoms with Crippen LogP contribution < -0.4 is 30.5 Å². The maximum absolute atomic E-state index is 14.8. The number of hydrogen-bond acceptors (Lipinski definition) is 8. The van der Waals surface area contributed by atoms with Gasteiger partial charge in [-0.3, -0.25) is 9.59 Å². The Bertz CT molecular complexity index is 1200. The van der Waals surface area contributed by atoms with Crippen molar-refractivity contribution in [1.82, 2.24) is 20.6 Å². The first kappa shape index (κ1) is 26.1. The third-order valence-electron chi connectivity index (χ3n) is 7.56. The van der Waals surface area contributed by atoms with E-state index in [0.29, 0.717) is 35.3 Å². The summed E-state index contributed by atoms with van der Waals surface area (Å²) in [7, 11) is 2.81. The number of nitrogens with zero attached hydrogens (tertiary/aromatic N) is 4. The zero-order chi connectivity index (χ0) is 26.9. The average Bonchev–Trinajstić information content (AvgIpc) is 3.63. The van der Waals surface area contributed by atoms with Gasteiger partial charge in [-0.2, -0.15) is 13.8 Å². The van der Waals surface area contributed by atoms with Crippen LogP contribution in [0.15, 0.2) is 24.4 Å². The molecule has 0 spiro atoms. The van der Waals surface area contributed by atoms with Crippen LogP contribution in [0.4, 0.5) is 31.9 Å². The van der Waals surface area contributed by atoms with Crippen LogP contribution in [0.5, 0.6) is 5.75 Å². The van der Waals surface area contributed by atoms with E-state index in [1.165, 1.54) is 20.4 Å². The molecule has 0 bridgehead atoms. The number of halogens is 2. The van der Waals surface area contributed by atoms with Gasteiger partial charge in [0.1, 0.15) is 11.4 Å². The lowest BCUT2D eigenvalue weighted by molar-refractivity contribution is -0.140. The predicted octanol–water partition coefficient (Wildman–Crippen LogP) is 2.93. The fourth-order valence-electron chi connectivity index (χ4n) is 5.39. The highest BCUT2D eigenvalue weighted by atomic mass is 19.3. The van der Waals surface area contributed by atoms with E-state index in [1.807, 2.05) is 0 Å². The van der Waals surface area contributed by atoms with E-state index >= 15 is 0 Å². The third kappa shape index (κ3) is 5.22. The first-order chi connectivity index (χ1) is 18.3. The Labute approximate surface area is 220 Å². The maximum atomic E-state index is 14.8. The molecule has 2 fully saturated rings. The van der Waals surface area contributed by atoms with Gasteiger partial charge in [-0.15, -0.1) is 0 Å². The Balaban J connectivity index is 1.39. The van der Waals surface area contributed by atoms with Crippen LogP contribution in [0.1, 0.15) is 42.5 Å². The van der Waals surface area contributed by atoms with Crippen LogP contribution in [0, 0.1) is 5.92 Å². The minimum atomic E-state index is -3.54. The molecule has 2 aromatic rings. The summed E-state index contributed by atoms with van der Waals surface area (Å²) >= 11 is 0. The Hall–Kier alpha value is -3.54. The molecule has 2 amide bonds. The highest BCUT2D eigenvalue weighted by Crippen LogP contribution is 2.40. The van der Waals surface area contributed by atoms with Crippen molar-refractivity contribution in [3.05, 3.63) is 30.0 Å². The van der Waals surface area contributed by atoms with E-state index in [1.54, 1.807) is 23.1 Å². The zero-order valence-electron chi connectivity index (χ0n) is 21.6. The van der Waals surface area contributed by atoms with Gasteiger partial charge in [-0.05, 0) is 56.5 Å². The Morgan fingerprint density at radius 1 is 1.26 bits per heavy atom. The zero-order valence-corrected chi connectivity index (χ0v) is 21.6. The van der Waals surface area contributed by atoms with Crippen molar-refractivity contribution < 1.29 is 23.1 Å². The summed E-state index contributed by atoms with van der Waals surface area (Å²) < 4.78 is 35.1. The van der Waals surface area contributed by atoms with Crippen LogP contribution in [-0.2, 0) is 4.79 Å². The molecule has 1 saturated carbocycles. The van der Waals surface area contributed by atoms with Crippen molar-refractivity contribution in [2.45, 2.75) is 44.1 Å². The molecule has 12 heteroatoms. The monoisotopic (exact) mass is 529 g/mol. The van der Waals surface area contributed by atoms with Crippen molar-refractivity contribution in [1.29, 1.82) is 0 Å². The SMILES string of the molecule is COc1cc(C(=O)NCC2CCNC2)ccc1Nc1ncc2c(n1)N(C1CCCC1)CC(F)(F)C(=O)N2C. The minimum Gasteiger partial charge on any atom is -0.495 e. The quantitative estimate of drug-likeness (QED) is 0.502. The number of methoxy groups -OCH3 is 1. The molecule has 38 heavy (non-hydrogen) atoms. The number of ether oxygens (including phenoxy) is 1. The van der Waals surface area contributed by atoms with Crippen molar-refractivity contribution in [3.8, 4) is 5.75 Å². The van der Waals surface area contributed by atoms with E-state index in [9.17, 15) is 18.4 Å². The lowest BCUT2D eigenvalue weighted by Gasteiger charge is -2.31. The molecule has 3 aliphatic rings. The summed E-state index contributed by atoms with van der Waals surface area (Å²) in [5, 5.41) is 9.34. The number of fused-ring (bicyclic) bond motifs is 1. The van der Waals surface area contributed by atoms with Crippen molar-refractivity contribution in [2.24, 2.45) is 5.92 Å². The van der Waals surface area contributed by atoms with Crippen LogP contribution in [0.3, 0.4) is 0 Å². The number of amides is 2. The van der Waals surface area contributed by atoms with Gasteiger partial charge in [0, 0.05) is 25.2 Å². The summed E-state index contributed by atoms with van der Waals surface area (Å²) in [5.74, 6) is -3.72. The molecular weight excluding hydrogens is 496 g/mol. The summed E-state index contributed by atoms with van der Waals surface area (Å²) in [6.45, 7) is 1.74. The van der Waals surface area contributed by atoms with E-state index in [0.717, 1.165) is 50.1 Å². The maximum Gasteiger partial charge on any atom is 0.342 e. The summed E-state index contributed by atoms with van der Waals surface area (Å²) in [4.78, 5) is 36.5. The van der Waals surface area contributed by atoms with Gasteiger partial charge < -0.3 is 30.5 Å². The second-order valence-corrected chi connectivity index (χ2v) is 10.1. The Morgan fingerprint density at radius 2 is 2.05 bits per heavy atom. The summed E-state index contributed by atoms with van der Waals surface area (Å²) in [5.41, 5.74) is 1.21. The lowest BCUT2D eigenvalue weighted by atomic mass is 10.1. The van der Waals surface area contributed by atoms with Gasteiger partial charge in [-0.25, -0.2) is 4.98 Å². The Morgan fingerprint density at radius 3 is 2.76 bits per heavy atom. The van der Waals surface area contributed by atoms with Gasteiger partial charge >= 0.3 is 5.92 Å². The number of carbonyl (C=O) groups excluding carboxylic acids is 2. The van der Waals surface area contributed by atoms with Crippen molar-refractivity contribution >= 4 is 35.0 Å². The standard InChI is InChI=1S/C26H33F2N7O3/c1-34-20-14-31-25(33-22(20)35(18-5-3-4-6-18)15-26(27,28)24(34)37)32-19-8-7-17(11-21(19)38-2)23(36)30-13-16-9-10-29-12-16/h7-8,11,14,16,18,29H,3-6,9-10,12-13,15H2,1-2H3,(H,30,36)(H,31,32,33). The van der Waals surface area contributed by atoms with Gasteiger partial charge in [0.25, 0.3) is 11.8 Å². The smallest absolute Gasteiger partial charge is 0.342 e.